The van der Waals surface area contributed by atoms with Crippen LogP contribution in [0.1, 0.15) is 10.4 Å². The van der Waals surface area contributed by atoms with Crippen molar-refractivity contribution in [3.8, 4) is 0 Å². The Morgan fingerprint density at radius 3 is 2.68 bits per heavy atom. The molecule has 0 spiro atoms. The van der Waals surface area contributed by atoms with Crippen LogP contribution in [-0.4, -0.2) is 26.0 Å². The Hall–Kier alpha value is -2.48. The van der Waals surface area contributed by atoms with E-state index in [0.29, 0.717) is 5.03 Å². The molecule has 2 aromatic rings. The monoisotopic (exact) mass is 277 g/mol. The number of rotatable bonds is 4. The zero-order chi connectivity index (χ0) is 13.8. The van der Waals surface area contributed by atoms with E-state index in [1.807, 2.05) is 0 Å². The van der Waals surface area contributed by atoms with Crippen LogP contribution >= 0.6 is 11.8 Å². The van der Waals surface area contributed by atoms with Crippen LogP contribution in [0.5, 0.6) is 0 Å². The Morgan fingerprint density at radius 2 is 2.11 bits per heavy atom. The molecule has 0 aliphatic rings. The number of pyridine rings is 2. The van der Waals surface area contributed by atoms with Crippen molar-refractivity contribution in [2.24, 2.45) is 0 Å². The van der Waals surface area contributed by atoms with Crippen molar-refractivity contribution in [1.29, 1.82) is 0 Å². The zero-order valence-corrected chi connectivity index (χ0v) is 10.2. The second-order valence-corrected chi connectivity index (χ2v) is 4.38. The lowest BCUT2D eigenvalue weighted by molar-refractivity contribution is -0.385. The van der Waals surface area contributed by atoms with E-state index < -0.39 is 10.9 Å². The topological polar surface area (TPSA) is 106 Å². The molecule has 2 rings (SSSR count). The number of carbonyl (C=O) groups is 1. The number of aromatic carboxylic acids is 1. The summed E-state index contributed by atoms with van der Waals surface area (Å²) in [5.41, 5.74) is -0.0588. The summed E-state index contributed by atoms with van der Waals surface area (Å²) < 4.78 is 0. The van der Waals surface area contributed by atoms with Gasteiger partial charge in [0.05, 0.1) is 10.5 Å². The first-order valence-corrected chi connectivity index (χ1v) is 5.86. The van der Waals surface area contributed by atoms with Gasteiger partial charge >= 0.3 is 5.97 Å². The van der Waals surface area contributed by atoms with Crippen molar-refractivity contribution >= 4 is 23.4 Å². The van der Waals surface area contributed by atoms with Crippen LogP contribution in [0.15, 0.2) is 46.7 Å². The summed E-state index contributed by atoms with van der Waals surface area (Å²) in [7, 11) is 0. The molecule has 0 aliphatic carbocycles. The van der Waals surface area contributed by atoms with E-state index in [1.54, 1.807) is 0 Å². The average molecular weight is 277 g/mol. The molecule has 7 nitrogen and oxygen atoms in total. The van der Waals surface area contributed by atoms with Crippen LogP contribution in [0.2, 0.25) is 0 Å². The van der Waals surface area contributed by atoms with Gasteiger partial charge in [-0.15, -0.1) is 0 Å². The largest absolute Gasteiger partial charge is 0.478 e. The van der Waals surface area contributed by atoms with Crippen LogP contribution in [0.4, 0.5) is 5.69 Å². The first kappa shape index (κ1) is 13.0. The Kier molecular flexibility index (Phi) is 3.71. The summed E-state index contributed by atoms with van der Waals surface area (Å²) in [6.07, 6.45) is 2.59. The summed E-state index contributed by atoms with van der Waals surface area (Å²) in [5.74, 6) is -1.09. The maximum Gasteiger partial charge on any atom is 0.338 e. The molecule has 96 valence electrons. The molecule has 0 radical (unpaired) electrons. The molecular weight excluding hydrogens is 270 g/mol. The third-order valence-electron chi connectivity index (χ3n) is 2.13. The van der Waals surface area contributed by atoms with Gasteiger partial charge in [-0.05, 0) is 30.0 Å². The van der Waals surface area contributed by atoms with Crippen LogP contribution in [0, 0.1) is 10.1 Å². The molecule has 0 unspecified atom stereocenters. The van der Waals surface area contributed by atoms with Crippen LogP contribution in [0.25, 0.3) is 0 Å². The molecule has 0 aromatic carbocycles. The quantitative estimate of drug-likeness (QED) is 0.674. The van der Waals surface area contributed by atoms with Gasteiger partial charge < -0.3 is 5.11 Å². The number of hydrogen-bond donors (Lipinski definition) is 1. The fourth-order valence-electron chi connectivity index (χ4n) is 1.27. The number of nitrogens with zero attached hydrogens (tertiary/aromatic N) is 3. The highest BCUT2D eigenvalue weighted by Gasteiger charge is 2.13. The van der Waals surface area contributed by atoms with Gasteiger partial charge in [0.15, 0.2) is 0 Å². The van der Waals surface area contributed by atoms with Gasteiger partial charge in [0.1, 0.15) is 16.2 Å². The third-order valence-corrected chi connectivity index (χ3v) is 3.10. The molecule has 19 heavy (non-hydrogen) atoms. The van der Waals surface area contributed by atoms with E-state index in [0.717, 1.165) is 18.0 Å². The molecule has 0 fully saturated rings. The van der Waals surface area contributed by atoms with Crippen molar-refractivity contribution in [3.05, 3.63) is 52.3 Å². The van der Waals surface area contributed by atoms with Crippen molar-refractivity contribution < 1.29 is 14.8 Å². The predicted molar refractivity (Wildman–Crippen MR) is 66.2 cm³/mol. The lowest BCUT2D eigenvalue weighted by Crippen LogP contribution is -2.00. The molecule has 0 atom stereocenters. The first-order chi connectivity index (χ1) is 9.08. The van der Waals surface area contributed by atoms with Crippen LogP contribution < -0.4 is 0 Å². The number of nitro groups is 1. The Balaban J connectivity index is 2.26. The van der Waals surface area contributed by atoms with E-state index in [1.165, 1.54) is 30.5 Å². The molecule has 2 aromatic heterocycles. The molecule has 2 heterocycles. The SMILES string of the molecule is O=C(O)c1cccnc1Sc1ccc([N+](=O)[O-])cn1. The fraction of sp³-hybridized carbons (Fsp3) is 0. The molecule has 0 bridgehead atoms. The fourth-order valence-corrected chi connectivity index (χ4v) is 2.09. The summed E-state index contributed by atoms with van der Waals surface area (Å²) in [6, 6.07) is 5.71. The molecule has 0 aliphatic heterocycles. The maximum atomic E-state index is 11.0. The van der Waals surface area contributed by atoms with Gasteiger partial charge in [0, 0.05) is 12.3 Å². The molecule has 0 saturated carbocycles. The minimum Gasteiger partial charge on any atom is -0.478 e. The van der Waals surface area contributed by atoms with Crippen molar-refractivity contribution in [2.75, 3.05) is 0 Å². The number of carboxylic acid groups (broad SMARTS) is 1. The van der Waals surface area contributed by atoms with E-state index in [9.17, 15) is 14.9 Å². The van der Waals surface area contributed by atoms with Gasteiger partial charge in [-0.25, -0.2) is 14.8 Å². The molecule has 1 N–H and O–H groups in total. The summed E-state index contributed by atoms with van der Waals surface area (Å²) in [5, 5.41) is 20.2. The highest BCUT2D eigenvalue weighted by Crippen LogP contribution is 2.27. The second-order valence-electron chi connectivity index (χ2n) is 3.38. The van der Waals surface area contributed by atoms with Crippen LogP contribution in [-0.2, 0) is 0 Å². The van der Waals surface area contributed by atoms with Crippen molar-refractivity contribution in [1.82, 2.24) is 9.97 Å². The Bertz CT molecular complexity index is 630. The van der Waals surface area contributed by atoms with E-state index in [-0.39, 0.29) is 16.3 Å². The van der Waals surface area contributed by atoms with Gasteiger partial charge in [0.2, 0.25) is 0 Å². The van der Waals surface area contributed by atoms with Gasteiger partial charge in [-0.2, -0.15) is 0 Å². The first-order valence-electron chi connectivity index (χ1n) is 5.04. The lowest BCUT2D eigenvalue weighted by atomic mass is 10.3. The minimum absolute atomic E-state index is 0.0626. The van der Waals surface area contributed by atoms with Crippen LogP contribution in [0.3, 0.4) is 0 Å². The molecule has 0 saturated heterocycles. The summed E-state index contributed by atoms with van der Waals surface area (Å²) >= 11 is 1.04. The molecule has 8 heteroatoms. The highest BCUT2D eigenvalue weighted by molar-refractivity contribution is 7.99. The summed E-state index contributed by atoms with van der Waals surface area (Å²) in [4.78, 5) is 28.8. The van der Waals surface area contributed by atoms with E-state index >= 15 is 0 Å². The maximum absolute atomic E-state index is 11.0. The van der Waals surface area contributed by atoms with Gasteiger partial charge in [0.25, 0.3) is 5.69 Å². The number of hydrogen-bond acceptors (Lipinski definition) is 6. The van der Waals surface area contributed by atoms with Crippen molar-refractivity contribution in [2.45, 2.75) is 10.1 Å². The number of carboxylic acids is 1. The molecule has 0 amide bonds. The summed E-state index contributed by atoms with van der Waals surface area (Å²) in [6.45, 7) is 0. The van der Waals surface area contributed by atoms with E-state index in [4.69, 9.17) is 5.11 Å². The average Bonchev–Trinajstić information content (AvgIpc) is 2.39. The second kappa shape index (κ2) is 5.44. The molecular formula is C11H7N3O4S. The van der Waals surface area contributed by atoms with Gasteiger partial charge in [-0.1, -0.05) is 0 Å². The predicted octanol–water partition coefficient (Wildman–Crippen LogP) is 2.23. The minimum atomic E-state index is -1.09. The Morgan fingerprint density at radius 1 is 1.32 bits per heavy atom. The highest BCUT2D eigenvalue weighted by atomic mass is 32.2. The standard InChI is InChI=1S/C11H7N3O4S/c15-11(16)8-2-1-5-12-10(8)19-9-4-3-7(6-13-9)14(17)18/h1-6H,(H,15,16). The Labute approximate surface area is 111 Å². The van der Waals surface area contributed by atoms with Gasteiger partial charge in [-0.3, -0.25) is 10.1 Å². The zero-order valence-electron chi connectivity index (χ0n) is 9.39. The normalized spacial score (nSPS) is 10.1. The van der Waals surface area contributed by atoms with Crippen molar-refractivity contribution in [3.63, 3.8) is 0 Å². The smallest absolute Gasteiger partial charge is 0.338 e. The third kappa shape index (κ3) is 3.05. The number of aromatic nitrogens is 2. The van der Waals surface area contributed by atoms with E-state index in [2.05, 4.69) is 9.97 Å². The lowest BCUT2D eigenvalue weighted by Gasteiger charge is -2.03.